The number of amides is 2. The van der Waals surface area contributed by atoms with E-state index in [0.717, 1.165) is 35.7 Å². The fourth-order valence-corrected chi connectivity index (χ4v) is 3.38. The molecule has 5 rings (SSSR count). The molecule has 3 aromatic rings. The van der Waals surface area contributed by atoms with E-state index in [9.17, 15) is 9.59 Å². The van der Waals surface area contributed by atoms with E-state index < -0.39 is 0 Å². The molecule has 0 atom stereocenters. The molecule has 152 valence electrons. The van der Waals surface area contributed by atoms with Crippen LogP contribution in [0.5, 0.6) is 0 Å². The van der Waals surface area contributed by atoms with E-state index in [2.05, 4.69) is 20.7 Å². The Kier molecular flexibility index (Phi) is 4.23. The van der Waals surface area contributed by atoms with Crippen LogP contribution in [0.4, 0.5) is 11.6 Å². The van der Waals surface area contributed by atoms with Gasteiger partial charge in [-0.25, -0.2) is 9.97 Å². The molecule has 2 N–H and O–H groups in total. The van der Waals surface area contributed by atoms with E-state index in [-0.39, 0.29) is 18.2 Å². The summed E-state index contributed by atoms with van der Waals surface area (Å²) in [5.74, 6) is 1.04. The van der Waals surface area contributed by atoms with Crippen LogP contribution in [-0.4, -0.2) is 51.5 Å². The predicted molar refractivity (Wildman–Crippen MR) is 113 cm³/mol. The molecule has 30 heavy (non-hydrogen) atoms. The highest BCUT2D eigenvalue weighted by atomic mass is 16.2. The summed E-state index contributed by atoms with van der Waals surface area (Å²) in [5.41, 5.74) is 3.36. The zero-order chi connectivity index (χ0) is 20.8. The Bertz CT molecular complexity index is 1190. The normalized spacial score (nSPS) is 17.6. The number of rotatable bonds is 5. The summed E-state index contributed by atoms with van der Waals surface area (Å²) in [7, 11) is 3.89. The largest absolute Gasteiger partial charge is 0.367 e. The highest BCUT2D eigenvalue weighted by Crippen LogP contribution is 2.29. The van der Waals surface area contributed by atoms with Crippen molar-refractivity contribution in [2.24, 2.45) is 0 Å². The fourth-order valence-electron chi connectivity index (χ4n) is 3.38. The van der Waals surface area contributed by atoms with Crippen molar-refractivity contribution in [3.63, 3.8) is 0 Å². The van der Waals surface area contributed by atoms with Gasteiger partial charge in [0.2, 0.25) is 5.91 Å². The summed E-state index contributed by atoms with van der Waals surface area (Å²) in [5, 5.41) is 10.3. The molecule has 2 fully saturated rings. The van der Waals surface area contributed by atoms with Crippen LogP contribution < -0.4 is 15.5 Å². The summed E-state index contributed by atoms with van der Waals surface area (Å²) in [6.07, 6.45) is 7.47. The van der Waals surface area contributed by atoms with Gasteiger partial charge in [-0.05, 0) is 31.1 Å². The molecule has 2 aliphatic rings. The maximum Gasteiger partial charge on any atom is 0.254 e. The van der Waals surface area contributed by atoms with Gasteiger partial charge in [0.05, 0.1) is 18.3 Å². The zero-order valence-corrected chi connectivity index (χ0v) is 16.7. The number of nitrogens with zero attached hydrogens (tertiary/aromatic N) is 5. The third-order valence-electron chi connectivity index (χ3n) is 5.16. The Morgan fingerprint density at radius 2 is 2.07 bits per heavy atom. The Balaban J connectivity index is 1.61. The summed E-state index contributed by atoms with van der Waals surface area (Å²) in [4.78, 5) is 34.7. The number of aromatic nitrogens is 4. The van der Waals surface area contributed by atoms with E-state index >= 15 is 0 Å². The second kappa shape index (κ2) is 6.94. The molecule has 4 heterocycles. The Labute approximate surface area is 172 Å². The molecule has 1 aliphatic carbocycles. The minimum atomic E-state index is -0.365. The first-order chi connectivity index (χ1) is 14.5. The van der Waals surface area contributed by atoms with E-state index in [4.69, 9.17) is 4.98 Å². The molecule has 0 spiro atoms. The van der Waals surface area contributed by atoms with E-state index in [1.54, 1.807) is 23.0 Å². The number of anilines is 2. The van der Waals surface area contributed by atoms with Crippen molar-refractivity contribution >= 4 is 35.2 Å². The third-order valence-corrected chi connectivity index (χ3v) is 5.16. The lowest BCUT2D eigenvalue weighted by Crippen LogP contribution is -2.19. The second-order valence-electron chi connectivity index (χ2n) is 7.80. The first-order valence-corrected chi connectivity index (χ1v) is 9.82. The topological polar surface area (TPSA) is 105 Å². The van der Waals surface area contributed by atoms with Crippen molar-refractivity contribution in [2.75, 3.05) is 24.3 Å². The average Bonchev–Trinajstić information content (AvgIpc) is 3.36. The van der Waals surface area contributed by atoms with Crippen LogP contribution in [0.3, 0.4) is 0 Å². The van der Waals surface area contributed by atoms with Crippen molar-refractivity contribution in [1.82, 2.24) is 24.9 Å². The number of hydrogen-bond acceptors (Lipinski definition) is 7. The molecular formula is C21H21N7O2. The van der Waals surface area contributed by atoms with Crippen molar-refractivity contribution in [1.29, 1.82) is 0 Å². The molecule has 1 saturated heterocycles. The highest BCUT2D eigenvalue weighted by molar-refractivity contribution is 6.15. The predicted octanol–water partition coefficient (Wildman–Crippen LogP) is 1.86. The maximum absolute atomic E-state index is 12.0. The maximum atomic E-state index is 12.0. The number of fused-ring (bicyclic) bond motifs is 1. The van der Waals surface area contributed by atoms with Gasteiger partial charge < -0.3 is 10.2 Å². The Morgan fingerprint density at radius 1 is 1.23 bits per heavy atom. The van der Waals surface area contributed by atoms with Crippen molar-refractivity contribution in [2.45, 2.75) is 25.3 Å². The van der Waals surface area contributed by atoms with Gasteiger partial charge in [-0.2, -0.15) is 9.61 Å². The Hall–Kier alpha value is -3.75. The van der Waals surface area contributed by atoms with Gasteiger partial charge in [-0.1, -0.05) is 0 Å². The van der Waals surface area contributed by atoms with Gasteiger partial charge in [0.15, 0.2) is 5.65 Å². The molecule has 9 nitrogen and oxygen atoms in total. The fraction of sp³-hybridized carbons (Fsp3) is 0.286. The lowest BCUT2D eigenvalue weighted by atomic mass is 10.1. The van der Waals surface area contributed by atoms with Crippen LogP contribution in [0.2, 0.25) is 0 Å². The third kappa shape index (κ3) is 3.38. The minimum absolute atomic E-state index is 0.0684. The molecule has 0 radical (unpaired) electrons. The van der Waals surface area contributed by atoms with Crippen molar-refractivity contribution in [3.05, 3.63) is 41.7 Å². The molecule has 9 heteroatoms. The SMILES string of the molecule is CN(C)c1ccc(-c2cc(NC3CC3)n3ncc(/C=C4\CC(=O)NC4=O)c3n2)cn1. The molecule has 1 aliphatic heterocycles. The van der Waals surface area contributed by atoms with Crippen LogP contribution in [0.15, 0.2) is 36.2 Å². The van der Waals surface area contributed by atoms with Crippen LogP contribution >= 0.6 is 0 Å². The van der Waals surface area contributed by atoms with Crippen LogP contribution in [0, 0.1) is 0 Å². The summed E-state index contributed by atoms with van der Waals surface area (Å²) in [6, 6.07) is 6.33. The van der Waals surface area contributed by atoms with Crippen LogP contribution in [-0.2, 0) is 9.59 Å². The minimum Gasteiger partial charge on any atom is -0.367 e. The van der Waals surface area contributed by atoms with Gasteiger partial charge in [-0.15, -0.1) is 0 Å². The van der Waals surface area contributed by atoms with Gasteiger partial charge >= 0.3 is 0 Å². The quantitative estimate of drug-likeness (QED) is 0.495. The van der Waals surface area contributed by atoms with Gasteiger partial charge in [0.1, 0.15) is 11.6 Å². The first-order valence-electron chi connectivity index (χ1n) is 9.82. The lowest BCUT2D eigenvalue weighted by molar-refractivity contribution is -0.124. The highest BCUT2D eigenvalue weighted by Gasteiger charge is 2.26. The molecule has 0 bridgehead atoms. The number of carbonyl (C=O) groups excluding carboxylic acids is 2. The standard InChI is InChI=1S/C21H21N7O2/c1-27(2)17-6-3-12(10-22-17)16-9-18(24-15-4-5-15)28-20(25-16)14(11-23-28)7-13-8-19(29)26-21(13)30/h3,6-7,9-11,15,24H,4-5,8H2,1-2H3,(H,26,29,30)/b13-7+. The first kappa shape index (κ1) is 18.3. The number of hydrogen-bond donors (Lipinski definition) is 2. The van der Waals surface area contributed by atoms with Crippen LogP contribution in [0.25, 0.3) is 23.0 Å². The second-order valence-corrected chi connectivity index (χ2v) is 7.80. The van der Waals surface area contributed by atoms with Crippen molar-refractivity contribution < 1.29 is 9.59 Å². The number of nitrogens with one attached hydrogen (secondary N) is 2. The summed E-state index contributed by atoms with van der Waals surface area (Å²) >= 11 is 0. The van der Waals surface area contributed by atoms with E-state index in [1.807, 2.05) is 37.2 Å². The molecular weight excluding hydrogens is 382 g/mol. The zero-order valence-electron chi connectivity index (χ0n) is 16.7. The number of imide groups is 1. The lowest BCUT2D eigenvalue weighted by Gasteiger charge is -2.12. The Morgan fingerprint density at radius 3 is 2.70 bits per heavy atom. The van der Waals surface area contributed by atoms with Gasteiger partial charge in [0.25, 0.3) is 5.91 Å². The molecule has 1 saturated carbocycles. The monoisotopic (exact) mass is 403 g/mol. The summed E-state index contributed by atoms with van der Waals surface area (Å²) in [6.45, 7) is 0. The van der Waals surface area contributed by atoms with Crippen molar-refractivity contribution in [3.8, 4) is 11.3 Å². The molecule has 0 unspecified atom stereocenters. The molecule has 3 aromatic heterocycles. The van der Waals surface area contributed by atoms with Gasteiger partial charge in [-0.3, -0.25) is 14.9 Å². The molecule has 0 aromatic carbocycles. The number of carbonyl (C=O) groups is 2. The average molecular weight is 403 g/mol. The number of pyridine rings is 1. The smallest absolute Gasteiger partial charge is 0.254 e. The van der Waals surface area contributed by atoms with Crippen LogP contribution in [0.1, 0.15) is 24.8 Å². The van der Waals surface area contributed by atoms with E-state index in [1.165, 1.54) is 0 Å². The van der Waals surface area contributed by atoms with E-state index in [0.29, 0.717) is 22.8 Å². The molecule has 2 amide bonds. The van der Waals surface area contributed by atoms with Gasteiger partial charge in [0, 0.05) is 49.1 Å². The summed E-state index contributed by atoms with van der Waals surface area (Å²) < 4.78 is 1.74.